The molecule has 0 amide bonds. The zero-order valence-corrected chi connectivity index (χ0v) is 27.5. The van der Waals surface area contributed by atoms with Crippen molar-refractivity contribution in [2.45, 2.75) is 70.1 Å². The third-order valence-corrected chi connectivity index (χ3v) is 21.2. The largest absolute Gasteiger partial charge is 0.300 e. The third kappa shape index (κ3) is 6.14. The molecule has 0 aromatic heterocycles. The van der Waals surface area contributed by atoms with E-state index in [4.69, 9.17) is 0 Å². The van der Waals surface area contributed by atoms with Crippen molar-refractivity contribution >= 4 is 48.5 Å². The van der Waals surface area contributed by atoms with E-state index in [-0.39, 0.29) is 28.1 Å². The van der Waals surface area contributed by atoms with Gasteiger partial charge in [-0.2, -0.15) is 0 Å². The van der Waals surface area contributed by atoms with E-state index in [0.717, 1.165) is 0 Å². The molecule has 0 radical (unpaired) electrons. The Morgan fingerprint density at radius 3 is 0.854 bits per heavy atom. The van der Waals surface area contributed by atoms with Crippen LogP contribution in [-0.2, 0) is 9.59 Å². The first-order valence-electron chi connectivity index (χ1n) is 14.7. The fraction of sp³-hybridized carbons (Fsp3) is 0.297. The number of benzene rings is 4. The Morgan fingerprint density at radius 1 is 0.439 bits per heavy atom. The van der Waals surface area contributed by atoms with Crippen LogP contribution in [0.4, 0.5) is 0 Å². The van der Waals surface area contributed by atoms with E-state index in [9.17, 15) is 9.59 Å². The Hall–Kier alpha value is -3.35. The normalized spacial score (nSPS) is 12.6. The lowest BCUT2D eigenvalue weighted by Crippen LogP contribution is -2.65. The Bertz CT molecular complexity index is 1240. The Morgan fingerprint density at radius 2 is 0.659 bits per heavy atom. The molecule has 4 rings (SSSR count). The lowest BCUT2D eigenvalue weighted by molar-refractivity contribution is -0.124. The van der Waals surface area contributed by atoms with Crippen molar-refractivity contribution in [3.05, 3.63) is 121 Å². The minimum absolute atomic E-state index is 0.0189. The van der Waals surface area contributed by atoms with Gasteiger partial charge in [0.15, 0.2) is 0 Å². The molecule has 0 aliphatic rings. The first-order chi connectivity index (χ1) is 19.4. The minimum Gasteiger partial charge on any atom is -0.300 e. The maximum Gasteiger partial charge on any atom is 0.138 e. The first-order valence-corrected chi connectivity index (χ1v) is 19.1. The van der Waals surface area contributed by atoms with Gasteiger partial charge in [0.25, 0.3) is 0 Å². The van der Waals surface area contributed by atoms with Crippen LogP contribution in [0, 0.1) is 0 Å². The van der Waals surface area contributed by atoms with Gasteiger partial charge in [0, 0.05) is 12.1 Å². The van der Waals surface area contributed by atoms with Gasteiger partial charge in [-0.25, -0.2) is 0 Å². The van der Waals surface area contributed by atoms with E-state index in [0.29, 0.717) is 12.1 Å². The van der Waals surface area contributed by atoms with Gasteiger partial charge in [-0.15, -0.1) is 0 Å². The number of hydrogen-bond acceptors (Lipinski definition) is 2. The van der Waals surface area contributed by atoms with Gasteiger partial charge in [0.2, 0.25) is 0 Å². The zero-order chi connectivity index (χ0) is 29.7. The zero-order valence-electron chi connectivity index (χ0n) is 25.5. The maximum atomic E-state index is 14.1. The Balaban J connectivity index is 1.73. The quantitative estimate of drug-likeness (QED) is 0.157. The maximum absolute atomic E-state index is 14.1. The highest BCUT2D eigenvalue weighted by atomic mass is 28.3. The van der Waals surface area contributed by atoms with Crippen molar-refractivity contribution < 1.29 is 9.59 Å². The van der Waals surface area contributed by atoms with E-state index in [2.05, 4.69) is 139 Å². The monoisotopic (exact) mass is 576 g/mol. The van der Waals surface area contributed by atoms with Gasteiger partial charge < -0.3 is 0 Å². The molecule has 0 bridgehead atoms. The number of hydrogen-bond donors (Lipinski definition) is 0. The van der Waals surface area contributed by atoms with Crippen LogP contribution in [0.5, 0.6) is 0 Å². The molecule has 0 atom stereocenters. The molecule has 0 saturated heterocycles. The second kappa shape index (κ2) is 12.3. The summed E-state index contributed by atoms with van der Waals surface area (Å²) < 4.78 is 0. The molecular formula is C37H44O2Si2. The summed E-state index contributed by atoms with van der Waals surface area (Å²) in [6.45, 7) is 13.6. The molecule has 0 aliphatic heterocycles. The fourth-order valence-electron chi connectivity index (χ4n) is 6.83. The van der Waals surface area contributed by atoms with E-state index in [1.54, 1.807) is 0 Å². The van der Waals surface area contributed by atoms with Crippen LogP contribution in [-0.4, -0.2) is 27.7 Å². The van der Waals surface area contributed by atoms with Gasteiger partial charge in [-0.3, -0.25) is 9.59 Å². The summed E-state index contributed by atoms with van der Waals surface area (Å²) in [6.07, 6.45) is -0.0189. The number of ketones is 2. The SMILES string of the molecule is CC(C)(C)[Si](CC(=O)CC(=O)C[Si](c1ccccc1)(c1ccccc1)C(C)(C)C)(c1ccccc1)c1ccccc1. The molecule has 0 fully saturated rings. The smallest absolute Gasteiger partial charge is 0.138 e. The summed E-state index contributed by atoms with van der Waals surface area (Å²) in [4.78, 5) is 28.2. The molecule has 2 nitrogen and oxygen atoms in total. The topological polar surface area (TPSA) is 34.1 Å². The highest BCUT2D eigenvalue weighted by molar-refractivity contribution is 7.06. The molecule has 0 unspecified atom stereocenters. The van der Waals surface area contributed by atoms with Crippen LogP contribution < -0.4 is 20.7 Å². The molecule has 0 saturated carbocycles. The van der Waals surface area contributed by atoms with Crippen LogP contribution in [0.3, 0.4) is 0 Å². The van der Waals surface area contributed by atoms with Gasteiger partial charge in [0.05, 0.1) is 6.42 Å². The van der Waals surface area contributed by atoms with E-state index >= 15 is 0 Å². The fourth-order valence-corrected chi connectivity index (χ4v) is 17.3. The average molecular weight is 577 g/mol. The highest BCUT2D eigenvalue weighted by Crippen LogP contribution is 2.41. The van der Waals surface area contributed by atoms with Crippen LogP contribution >= 0.6 is 0 Å². The first kappa shape index (κ1) is 30.6. The molecule has 0 heterocycles. The standard InChI is InChI=1S/C37H44O2Si2/c1-36(2,3)40(32-19-11-7-12-20-32,33-21-13-8-14-22-33)28-30(38)27-31(39)29-41(37(4,5)6,34-23-15-9-16-24-34)35-25-17-10-18-26-35/h7-26H,27-29H2,1-6H3. The van der Waals surface area contributed by atoms with Gasteiger partial charge in [0.1, 0.15) is 27.7 Å². The van der Waals surface area contributed by atoms with Crippen molar-refractivity contribution in [1.29, 1.82) is 0 Å². The molecule has 0 aliphatic carbocycles. The summed E-state index contributed by atoms with van der Waals surface area (Å²) in [5.41, 5.74) is 0. The predicted molar refractivity (Wildman–Crippen MR) is 179 cm³/mol. The molecular weight excluding hydrogens is 533 g/mol. The van der Waals surface area contributed by atoms with Crippen molar-refractivity contribution in [1.82, 2.24) is 0 Å². The second-order valence-electron chi connectivity index (χ2n) is 13.4. The van der Waals surface area contributed by atoms with E-state index < -0.39 is 16.1 Å². The van der Waals surface area contributed by atoms with Crippen LogP contribution in [0.25, 0.3) is 0 Å². The number of carbonyl (C=O) groups excluding carboxylic acids is 2. The highest BCUT2D eigenvalue weighted by Gasteiger charge is 2.51. The van der Waals surface area contributed by atoms with Crippen LogP contribution in [0.1, 0.15) is 48.0 Å². The third-order valence-electron chi connectivity index (χ3n) is 8.95. The second-order valence-corrected chi connectivity index (χ2v) is 23.0. The van der Waals surface area contributed by atoms with E-state index in [1.807, 2.05) is 24.3 Å². The van der Waals surface area contributed by atoms with E-state index in [1.165, 1.54) is 20.7 Å². The molecule has 212 valence electrons. The molecule has 4 heteroatoms. The lowest BCUT2D eigenvalue weighted by atomic mass is 10.2. The molecule has 0 spiro atoms. The van der Waals surface area contributed by atoms with Crippen molar-refractivity contribution in [3.8, 4) is 0 Å². The predicted octanol–water partition coefficient (Wildman–Crippen LogP) is 6.64. The Labute approximate surface area is 248 Å². The van der Waals surface area contributed by atoms with Crippen molar-refractivity contribution in [3.63, 3.8) is 0 Å². The summed E-state index contributed by atoms with van der Waals surface area (Å²) in [6, 6.07) is 43.0. The number of Topliss-reactive ketones (excluding diaryl/α,β-unsaturated/α-hetero) is 2. The number of rotatable bonds is 10. The summed E-state index contributed by atoms with van der Waals surface area (Å²) >= 11 is 0. The molecule has 0 N–H and O–H groups in total. The van der Waals surface area contributed by atoms with Crippen LogP contribution in [0.15, 0.2) is 121 Å². The summed E-state index contributed by atoms with van der Waals surface area (Å²) in [5.74, 6) is 0.115. The van der Waals surface area contributed by atoms with Gasteiger partial charge >= 0.3 is 0 Å². The molecule has 4 aromatic rings. The molecule has 41 heavy (non-hydrogen) atoms. The Kier molecular flexibility index (Phi) is 9.15. The van der Waals surface area contributed by atoms with Crippen molar-refractivity contribution in [2.24, 2.45) is 0 Å². The molecule has 4 aromatic carbocycles. The minimum atomic E-state index is -2.59. The van der Waals surface area contributed by atoms with Crippen molar-refractivity contribution in [2.75, 3.05) is 0 Å². The summed E-state index contributed by atoms with van der Waals surface area (Å²) in [5, 5.41) is 4.70. The number of carbonyl (C=O) groups is 2. The lowest BCUT2D eigenvalue weighted by Gasteiger charge is -2.44. The summed E-state index contributed by atoms with van der Waals surface area (Å²) in [7, 11) is -5.19. The van der Waals surface area contributed by atoms with Gasteiger partial charge in [-0.05, 0) is 10.1 Å². The van der Waals surface area contributed by atoms with Crippen LogP contribution in [0.2, 0.25) is 22.2 Å². The van der Waals surface area contributed by atoms with Gasteiger partial charge in [-0.1, -0.05) is 184 Å². The average Bonchev–Trinajstić information content (AvgIpc) is 2.95.